The van der Waals surface area contributed by atoms with E-state index in [1.807, 2.05) is 10.9 Å². The number of hydrogen-bond acceptors (Lipinski definition) is 3. The third-order valence-electron chi connectivity index (χ3n) is 3.14. The number of H-pyrrole nitrogens is 1. The van der Waals surface area contributed by atoms with Gasteiger partial charge in [-0.15, -0.1) is 0 Å². The Labute approximate surface area is 117 Å². The average molecular weight is 323 g/mol. The fraction of sp³-hybridized carbons (Fsp3) is 0.250. The van der Waals surface area contributed by atoms with Crippen LogP contribution in [0.15, 0.2) is 40.0 Å². The Balaban J connectivity index is 1.69. The van der Waals surface area contributed by atoms with Crippen molar-refractivity contribution in [2.24, 2.45) is 0 Å². The second-order valence-electron chi connectivity index (χ2n) is 4.42. The van der Waals surface area contributed by atoms with Gasteiger partial charge in [0.05, 0.1) is 16.7 Å². The van der Waals surface area contributed by atoms with E-state index in [9.17, 15) is 9.59 Å². The molecule has 3 rings (SSSR count). The van der Waals surface area contributed by atoms with E-state index in [4.69, 9.17) is 0 Å². The normalized spacial score (nSPS) is 15.3. The molecular formula is C12H11BrN4O2. The van der Waals surface area contributed by atoms with Gasteiger partial charge in [0.2, 0.25) is 0 Å². The first kappa shape index (κ1) is 12.2. The molecule has 1 saturated heterocycles. The van der Waals surface area contributed by atoms with E-state index in [-0.39, 0.29) is 23.1 Å². The number of nitrogens with one attached hydrogen (secondary N) is 1. The van der Waals surface area contributed by atoms with Crippen LogP contribution in [0.2, 0.25) is 0 Å². The van der Waals surface area contributed by atoms with Gasteiger partial charge in [0.1, 0.15) is 5.56 Å². The number of aromatic nitrogens is 3. The summed E-state index contributed by atoms with van der Waals surface area (Å²) in [5.41, 5.74) is -0.166. The minimum atomic E-state index is -0.349. The fourth-order valence-corrected chi connectivity index (χ4v) is 2.36. The van der Waals surface area contributed by atoms with Crippen molar-refractivity contribution in [1.29, 1.82) is 0 Å². The lowest BCUT2D eigenvalue weighted by Crippen LogP contribution is -2.51. The van der Waals surface area contributed by atoms with Crippen molar-refractivity contribution in [3.8, 4) is 0 Å². The van der Waals surface area contributed by atoms with Gasteiger partial charge in [-0.1, -0.05) is 0 Å². The third kappa shape index (κ3) is 2.21. The number of pyridine rings is 1. The molecule has 98 valence electrons. The summed E-state index contributed by atoms with van der Waals surface area (Å²) >= 11 is 3.33. The highest BCUT2D eigenvalue weighted by molar-refractivity contribution is 9.10. The van der Waals surface area contributed by atoms with E-state index < -0.39 is 0 Å². The SMILES string of the molecule is O=C(c1ccc[nH]c1=O)N1CC(n2cc(Br)cn2)C1. The molecule has 19 heavy (non-hydrogen) atoms. The zero-order chi connectivity index (χ0) is 13.4. The van der Waals surface area contributed by atoms with E-state index in [2.05, 4.69) is 26.0 Å². The smallest absolute Gasteiger partial charge is 0.260 e. The molecule has 0 radical (unpaired) electrons. The second-order valence-corrected chi connectivity index (χ2v) is 5.33. The Morgan fingerprint density at radius 3 is 2.89 bits per heavy atom. The van der Waals surface area contributed by atoms with Crippen LogP contribution >= 0.6 is 15.9 Å². The minimum absolute atomic E-state index is 0.179. The van der Waals surface area contributed by atoms with Crippen molar-refractivity contribution in [1.82, 2.24) is 19.7 Å². The summed E-state index contributed by atoms with van der Waals surface area (Å²) in [5.74, 6) is -0.232. The summed E-state index contributed by atoms with van der Waals surface area (Å²) in [6.07, 6.45) is 5.10. The highest BCUT2D eigenvalue weighted by atomic mass is 79.9. The highest BCUT2D eigenvalue weighted by Crippen LogP contribution is 2.23. The van der Waals surface area contributed by atoms with Crippen LogP contribution in [0.4, 0.5) is 0 Å². The second kappa shape index (κ2) is 4.65. The molecule has 1 amide bonds. The van der Waals surface area contributed by atoms with Crippen molar-refractivity contribution < 1.29 is 4.79 Å². The molecule has 0 bridgehead atoms. The van der Waals surface area contributed by atoms with Gasteiger partial charge in [-0.05, 0) is 28.1 Å². The Morgan fingerprint density at radius 1 is 1.47 bits per heavy atom. The van der Waals surface area contributed by atoms with Crippen molar-refractivity contribution >= 4 is 21.8 Å². The quantitative estimate of drug-likeness (QED) is 0.897. The van der Waals surface area contributed by atoms with E-state index in [1.165, 1.54) is 6.20 Å². The van der Waals surface area contributed by atoms with Gasteiger partial charge < -0.3 is 9.88 Å². The van der Waals surface area contributed by atoms with Crippen LogP contribution in [0.5, 0.6) is 0 Å². The Morgan fingerprint density at radius 2 is 2.26 bits per heavy atom. The zero-order valence-corrected chi connectivity index (χ0v) is 11.5. The number of aromatic amines is 1. The molecule has 0 unspecified atom stereocenters. The maximum absolute atomic E-state index is 12.1. The lowest BCUT2D eigenvalue weighted by molar-refractivity contribution is 0.0499. The molecule has 2 aromatic rings. The zero-order valence-electron chi connectivity index (χ0n) is 9.91. The summed E-state index contributed by atoms with van der Waals surface area (Å²) in [7, 11) is 0. The predicted octanol–water partition coefficient (Wildman–Crippen LogP) is 1.03. The molecule has 0 atom stereocenters. The van der Waals surface area contributed by atoms with Crippen LogP contribution in [-0.2, 0) is 0 Å². The van der Waals surface area contributed by atoms with Crippen molar-refractivity contribution in [3.63, 3.8) is 0 Å². The summed E-state index contributed by atoms with van der Waals surface area (Å²) in [6, 6.07) is 3.37. The maximum Gasteiger partial charge on any atom is 0.260 e. The first-order chi connectivity index (χ1) is 9.15. The molecule has 0 aromatic carbocycles. The van der Waals surface area contributed by atoms with Crippen LogP contribution in [0.3, 0.4) is 0 Å². The van der Waals surface area contributed by atoms with Gasteiger partial charge in [-0.3, -0.25) is 14.3 Å². The molecule has 1 aliphatic heterocycles. The Kier molecular flexibility index (Phi) is 2.98. The van der Waals surface area contributed by atoms with Gasteiger partial charge in [0.15, 0.2) is 0 Å². The Hall–Kier alpha value is -1.89. The predicted molar refractivity (Wildman–Crippen MR) is 71.9 cm³/mol. The molecule has 0 aliphatic carbocycles. The van der Waals surface area contributed by atoms with E-state index in [0.717, 1.165) is 4.47 Å². The monoisotopic (exact) mass is 322 g/mol. The number of hydrogen-bond donors (Lipinski definition) is 1. The largest absolute Gasteiger partial charge is 0.334 e. The van der Waals surface area contributed by atoms with Crippen LogP contribution in [0.1, 0.15) is 16.4 Å². The molecule has 6 nitrogen and oxygen atoms in total. The number of halogens is 1. The molecule has 0 saturated carbocycles. The van der Waals surface area contributed by atoms with Crippen molar-refractivity contribution in [2.75, 3.05) is 13.1 Å². The van der Waals surface area contributed by atoms with E-state index >= 15 is 0 Å². The van der Waals surface area contributed by atoms with Crippen molar-refractivity contribution in [2.45, 2.75) is 6.04 Å². The molecule has 0 spiro atoms. The number of nitrogens with zero attached hydrogens (tertiary/aromatic N) is 3. The number of carbonyl (C=O) groups is 1. The number of carbonyl (C=O) groups excluding carboxylic acids is 1. The molecule has 3 heterocycles. The van der Waals surface area contributed by atoms with E-state index in [1.54, 1.807) is 23.2 Å². The van der Waals surface area contributed by atoms with Crippen LogP contribution in [-0.4, -0.2) is 38.7 Å². The van der Waals surface area contributed by atoms with Crippen LogP contribution in [0.25, 0.3) is 0 Å². The topological polar surface area (TPSA) is 71.0 Å². The molecule has 2 aromatic heterocycles. The maximum atomic E-state index is 12.1. The molecule has 7 heteroatoms. The lowest BCUT2D eigenvalue weighted by Gasteiger charge is -2.39. The third-order valence-corrected chi connectivity index (χ3v) is 3.55. The summed E-state index contributed by atoms with van der Waals surface area (Å²) in [5, 5.41) is 4.19. The summed E-state index contributed by atoms with van der Waals surface area (Å²) in [4.78, 5) is 27.8. The van der Waals surface area contributed by atoms with E-state index in [0.29, 0.717) is 13.1 Å². The molecule has 1 N–H and O–H groups in total. The van der Waals surface area contributed by atoms with Gasteiger partial charge in [0, 0.05) is 25.5 Å². The summed E-state index contributed by atoms with van der Waals surface area (Å²) in [6.45, 7) is 1.14. The van der Waals surface area contributed by atoms with Crippen molar-refractivity contribution in [3.05, 3.63) is 51.1 Å². The average Bonchev–Trinajstić information content (AvgIpc) is 2.74. The standard InChI is InChI=1S/C12H11BrN4O2/c13-8-4-15-17(5-8)9-6-16(7-9)12(19)10-2-1-3-14-11(10)18/h1-5,9H,6-7H2,(H,14,18). The first-order valence-corrected chi connectivity index (χ1v) is 6.61. The Bertz CT molecular complexity index is 672. The van der Waals surface area contributed by atoms with Crippen LogP contribution < -0.4 is 5.56 Å². The van der Waals surface area contributed by atoms with Gasteiger partial charge in [0.25, 0.3) is 11.5 Å². The molecule has 1 aliphatic rings. The highest BCUT2D eigenvalue weighted by Gasteiger charge is 2.33. The van der Waals surface area contributed by atoms with Gasteiger partial charge >= 0.3 is 0 Å². The molecular weight excluding hydrogens is 312 g/mol. The number of rotatable bonds is 2. The van der Waals surface area contributed by atoms with Gasteiger partial charge in [-0.25, -0.2) is 0 Å². The minimum Gasteiger partial charge on any atom is -0.334 e. The van der Waals surface area contributed by atoms with Crippen LogP contribution in [0, 0.1) is 0 Å². The fourth-order valence-electron chi connectivity index (χ4n) is 2.06. The number of likely N-dealkylation sites (tertiary alicyclic amines) is 1. The number of amides is 1. The van der Waals surface area contributed by atoms with Gasteiger partial charge in [-0.2, -0.15) is 5.10 Å². The summed E-state index contributed by atoms with van der Waals surface area (Å²) < 4.78 is 2.74. The first-order valence-electron chi connectivity index (χ1n) is 5.82. The molecule has 1 fully saturated rings. The lowest BCUT2D eigenvalue weighted by atomic mass is 10.1.